The molecular weight excluding hydrogens is 478 g/mol. The van der Waals surface area contributed by atoms with E-state index in [2.05, 4.69) is 16.0 Å². The Morgan fingerprint density at radius 2 is 1.81 bits per heavy atom. The van der Waals surface area contributed by atoms with Crippen LogP contribution in [0.15, 0.2) is 42.2 Å². The third-order valence-electron chi connectivity index (χ3n) is 5.30. The first kappa shape index (κ1) is 29.5. The molecule has 1 aromatic rings. The van der Waals surface area contributed by atoms with Gasteiger partial charge in [0.25, 0.3) is 5.91 Å². The predicted molar refractivity (Wildman–Crippen MR) is 138 cm³/mol. The predicted octanol–water partition coefficient (Wildman–Crippen LogP) is 2.37. The van der Waals surface area contributed by atoms with Crippen LogP contribution in [0.5, 0.6) is 0 Å². The molecule has 2 rings (SSSR count). The first-order chi connectivity index (χ1) is 17.3. The SMILES string of the molecule is CC(C)CC(NC(=O)OCc1ccccc1)C(=O)N/C(=C/N1CCC(NC(=O)OC(C)(C)C)C1)C(N)=O. The molecule has 1 aromatic carbocycles. The van der Waals surface area contributed by atoms with Crippen LogP contribution in [0.3, 0.4) is 0 Å². The number of hydrogen-bond donors (Lipinski definition) is 4. The van der Waals surface area contributed by atoms with E-state index in [-0.39, 0.29) is 24.3 Å². The fourth-order valence-corrected chi connectivity index (χ4v) is 3.67. The van der Waals surface area contributed by atoms with Crippen molar-refractivity contribution in [2.45, 2.75) is 71.8 Å². The summed E-state index contributed by atoms with van der Waals surface area (Å²) in [5, 5.41) is 7.91. The Bertz CT molecular complexity index is 973. The van der Waals surface area contributed by atoms with Gasteiger partial charge in [0.1, 0.15) is 23.9 Å². The molecule has 1 aliphatic heterocycles. The van der Waals surface area contributed by atoms with Crippen molar-refractivity contribution in [3.8, 4) is 0 Å². The molecule has 1 aliphatic rings. The normalized spacial score (nSPS) is 16.6. The van der Waals surface area contributed by atoms with Crippen LogP contribution in [-0.4, -0.2) is 59.7 Å². The molecule has 37 heavy (non-hydrogen) atoms. The van der Waals surface area contributed by atoms with Crippen molar-refractivity contribution in [1.82, 2.24) is 20.9 Å². The number of ether oxygens (including phenoxy) is 2. The van der Waals surface area contributed by atoms with Crippen LogP contribution in [0.1, 0.15) is 53.0 Å². The van der Waals surface area contributed by atoms with Crippen LogP contribution in [0.2, 0.25) is 0 Å². The number of amides is 4. The van der Waals surface area contributed by atoms with Gasteiger partial charge in [-0.15, -0.1) is 0 Å². The van der Waals surface area contributed by atoms with Gasteiger partial charge >= 0.3 is 12.2 Å². The fraction of sp³-hybridized carbons (Fsp3) is 0.538. The lowest BCUT2D eigenvalue weighted by atomic mass is 10.0. The maximum absolute atomic E-state index is 13.0. The van der Waals surface area contributed by atoms with Crippen molar-refractivity contribution in [3.05, 3.63) is 47.8 Å². The molecule has 0 aliphatic carbocycles. The maximum atomic E-state index is 13.0. The number of carbonyl (C=O) groups excluding carboxylic acids is 4. The highest BCUT2D eigenvalue weighted by Gasteiger charge is 2.28. The van der Waals surface area contributed by atoms with Gasteiger partial charge in [-0.3, -0.25) is 9.59 Å². The summed E-state index contributed by atoms with van der Waals surface area (Å²) in [6.07, 6.45) is 1.14. The van der Waals surface area contributed by atoms with Gasteiger partial charge in [0, 0.05) is 19.3 Å². The van der Waals surface area contributed by atoms with E-state index in [9.17, 15) is 19.2 Å². The van der Waals surface area contributed by atoms with Crippen LogP contribution in [0.4, 0.5) is 9.59 Å². The molecule has 1 fully saturated rings. The summed E-state index contributed by atoms with van der Waals surface area (Å²) in [6.45, 7) is 10.2. The van der Waals surface area contributed by atoms with Gasteiger partial charge in [0.05, 0.1) is 6.04 Å². The van der Waals surface area contributed by atoms with E-state index in [1.807, 2.05) is 44.2 Å². The number of rotatable bonds is 10. The summed E-state index contributed by atoms with van der Waals surface area (Å²) in [5.41, 5.74) is 5.60. The fourth-order valence-electron chi connectivity index (χ4n) is 3.67. The second-order valence-corrected chi connectivity index (χ2v) is 10.4. The number of alkyl carbamates (subject to hydrolysis) is 2. The molecule has 0 saturated carbocycles. The topological polar surface area (TPSA) is 152 Å². The van der Waals surface area contributed by atoms with E-state index in [0.29, 0.717) is 25.9 Å². The van der Waals surface area contributed by atoms with E-state index in [1.165, 1.54) is 6.20 Å². The van der Waals surface area contributed by atoms with Crippen LogP contribution in [0.25, 0.3) is 0 Å². The largest absolute Gasteiger partial charge is 0.445 e. The Kier molecular flexibility index (Phi) is 10.8. The number of nitrogens with one attached hydrogen (secondary N) is 3. The van der Waals surface area contributed by atoms with Gasteiger partial charge in [-0.2, -0.15) is 0 Å². The molecule has 1 saturated heterocycles. The summed E-state index contributed by atoms with van der Waals surface area (Å²) in [6, 6.07) is 8.04. The van der Waals surface area contributed by atoms with Gasteiger partial charge in [-0.05, 0) is 45.1 Å². The minimum atomic E-state index is -0.939. The summed E-state index contributed by atoms with van der Waals surface area (Å²) in [5.74, 6) is -1.34. The Morgan fingerprint density at radius 1 is 1.14 bits per heavy atom. The van der Waals surface area contributed by atoms with Gasteiger partial charge in [-0.1, -0.05) is 44.2 Å². The quantitative estimate of drug-likeness (QED) is 0.348. The second-order valence-electron chi connectivity index (χ2n) is 10.4. The number of hydrogen-bond acceptors (Lipinski definition) is 7. The zero-order valence-corrected chi connectivity index (χ0v) is 22.2. The monoisotopic (exact) mass is 517 g/mol. The third-order valence-corrected chi connectivity index (χ3v) is 5.30. The second kappa shape index (κ2) is 13.5. The molecule has 0 radical (unpaired) electrons. The molecule has 2 atom stereocenters. The van der Waals surface area contributed by atoms with Gasteiger partial charge in [0.15, 0.2) is 0 Å². The average molecular weight is 518 g/mol. The molecule has 5 N–H and O–H groups in total. The smallest absolute Gasteiger partial charge is 0.408 e. The van der Waals surface area contributed by atoms with E-state index >= 15 is 0 Å². The van der Waals surface area contributed by atoms with Crippen molar-refractivity contribution in [2.24, 2.45) is 11.7 Å². The maximum Gasteiger partial charge on any atom is 0.408 e. The van der Waals surface area contributed by atoms with Gasteiger partial charge < -0.3 is 36.1 Å². The third kappa shape index (κ3) is 11.2. The highest BCUT2D eigenvalue weighted by molar-refractivity contribution is 5.98. The van der Waals surface area contributed by atoms with Crippen LogP contribution < -0.4 is 21.7 Å². The first-order valence-corrected chi connectivity index (χ1v) is 12.4. The molecule has 1 heterocycles. The summed E-state index contributed by atoms with van der Waals surface area (Å²) in [4.78, 5) is 51.2. The molecule has 0 spiro atoms. The number of nitrogens with zero attached hydrogens (tertiary/aromatic N) is 1. The Hall–Kier alpha value is -3.76. The lowest BCUT2D eigenvalue weighted by Crippen LogP contribution is -2.48. The van der Waals surface area contributed by atoms with Crippen molar-refractivity contribution in [2.75, 3.05) is 13.1 Å². The molecule has 4 amide bonds. The van der Waals surface area contributed by atoms with Crippen molar-refractivity contribution in [1.29, 1.82) is 0 Å². The minimum Gasteiger partial charge on any atom is -0.445 e. The Balaban J connectivity index is 1.98. The standard InChI is InChI=1S/C26H39N5O6/c1-17(2)13-20(30-24(34)36-16-18-9-7-6-8-10-18)23(33)29-21(22(27)32)15-31-12-11-19(14-31)28-25(35)37-26(3,4)5/h6-10,15,17,19-20H,11-14,16H2,1-5H3,(H2,27,32)(H,28,35)(H,29,33)(H,30,34)/b21-15+. The number of likely N-dealkylation sites (tertiary alicyclic amines) is 1. The number of nitrogens with two attached hydrogens (primary N) is 1. The first-order valence-electron chi connectivity index (χ1n) is 12.4. The van der Waals surface area contributed by atoms with Gasteiger partial charge in [0.2, 0.25) is 5.91 Å². The Morgan fingerprint density at radius 3 is 2.41 bits per heavy atom. The van der Waals surface area contributed by atoms with E-state index in [0.717, 1.165) is 5.56 Å². The highest BCUT2D eigenvalue weighted by Crippen LogP contribution is 2.13. The highest BCUT2D eigenvalue weighted by atomic mass is 16.6. The van der Waals surface area contributed by atoms with E-state index < -0.39 is 35.6 Å². The summed E-state index contributed by atoms with van der Waals surface area (Å²) in [7, 11) is 0. The zero-order chi connectivity index (χ0) is 27.6. The van der Waals surface area contributed by atoms with E-state index in [4.69, 9.17) is 15.2 Å². The lowest BCUT2D eigenvalue weighted by molar-refractivity contribution is -0.124. The lowest BCUT2D eigenvalue weighted by Gasteiger charge is -2.22. The van der Waals surface area contributed by atoms with Crippen LogP contribution in [0, 0.1) is 5.92 Å². The summed E-state index contributed by atoms with van der Waals surface area (Å²) < 4.78 is 10.5. The van der Waals surface area contributed by atoms with Crippen LogP contribution in [-0.2, 0) is 25.7 Å². The molecule has 2 unspecified atom stereocenters. The van der Waals surface area contributed by atoms with Crippen LogP contribution >= 0.6 is 0 Å². The van der Waals surface area contributed by atoms with Crippen molar-refractivity contribution >= 4 is 24.0 Å². The number of benzene rings is 1. The molecule has 11 heteroatoms. The molecular formula is C26H39N5O6. The Labute approximate surface area is 218 Å². The summed E-state index contributed by atoms with van der Waals surface area (Å²) >= 11 is 0. The molecule has 0 aromatic heterocycles. The van der Waals surface area contributed by atoms with Gasteiger partial charge in [-0.25, -0.2) is 9.59 Å². The number of primary amides is 1. The van der Waals surface area contributed by atoms with E-state index in [1.54, 1.807) is 25.7 Å². The minimum absolute atomic E-state index is 0.0581. The molecule has 0 bridgehead atoms. The van der Waals surface area contributed by atoms with Crippen molar-refractivity contribution < 1.29 is 28.7 Å². The molecule has 11 nitrogen and oxygen atoms in total. The molecule has 204 valence electrons. The zero-order valence-electron chi connectivity index (χ0n) is 22.2. The average Bonchev–Trinajstić information content (AvgIpc) is 3.22. The number of carbonyl (C=O) groups is 4. The van der Waals surface area contributed by atoms with Crippen molar-refractivity contribution in [3.63, 3.8) is 0 Å².